The van der Waals surface area contributed by atoms with Crippen LogP contribution in [0.4, 0.5) is 13.2 Å². The van der Waals surface area contributed by atoms with Crippen LogP contribution in [0.3, 0.4) is 0 Å². The lowest BCUT2D eigenvalue weighted by Gasteiger charge is -2.19. The summed E-state index contributed by atoms with van der Waals surface area (Å²) in [5, 5.41) is 2.35. The molecule has 0 aliphatic rings. The van der Waals surface area contributed by atoms with Crippen LogP contribution in [0.2, 0.25) is 0 Å². The maximum Gasteiger partial charge on any atom is 0.416 e. The predicted molar refractivity (Wildman–Crippen MR) is 73.5 cm³/mol. The zero-order valence-corrected chi connectivity index (χ0v) is 12.0. The Balaban J connectivity index is 2.69. The van der Waals surface area contributed by atoms with E-state index in [0.717, 1.165) is 24.5 Å². The van der Waals surface area contributed by atoms with Crippen molar-refractivity contribution in [3.63, 3.8) is 0 Å². The quantitative estimate of drug-likeness (QED) is 0.814. The van der Waals surface area contributed by atoms with E-state index >= 15 is 0 Å². The molecule has 8 heteroatoms. The largest absolute Gasteiger partial charge is 0.416 e. The van der Waals surface area contributed by atoms with E-state index in [1.807, 2.05) is 0 Å². The molecule has 0 spiro atoms. The highest BCUT2D eigenvalue weighted by atomic mass is 19.4. The molecule has 1 rings (SSSR count). The van der Waals surface area contributed by atoms with Gasteiger partial charge in [0.15, 0.2) is 0 Å². The Labute approximate surface area is 125 Å². The molecule has 0 saturated carbocycles. The number of carbonyl (C=O) groups excluding carboxylic acids is 2. The molecule has 1 N–H and O–H groups in total. The van der Waals surface area contributed by atoms with Gasteiger partial charge < -0.3 is 10.2 Å². The highest BCUT2D eigenvalue weighted by Gasteiger charge is 2.33. The van der Waals surface area contributed by atoms with Crippen molar-refractivity contribution in [2.24, 2.45) is 0 Å². The molecule has 0 bridgehead atoms. The van der Waals surface area contributed by atoms with Crippen molar-refractivity contribution in [1.82, 2.24) is 15.2 Å². The van der Waals surface area contributed by atoms with Gasteiger partial charge in [0.1, 0.15) is 0 Å². The predicted octanol–water partition coefficient (Wildman–Crippen LogP) is 1.75. The molecule has 0 unspecified atom stereocenters. The number of pyridine rings is 1. The number of halogens is 3. The van der Waals surface area contributed by atoms with Crippen LogP contribution in [0, 0.1) is 0 Å². The smallest absolute Gasteiger partial charge is 0.350 e. The van der Waals surface area contributed by atoms with Crippen LogP contribution in [-0.4, -0.2) is 34.8 Å². The van der Waals surface area contributed by atoms with Crippen LogP contribution in [0.25, 0.3) is 0 Å². The molecule has 1 aromatic heterocycles. The van der Waals surface area contributed by atoms with Crippen molar-refractivity contribution in [1.29, 1.82) is 0 Å². The first kappa shape index (κ1) is 17.7. The van der Waals surface area contributed by atoms with Gasteiger partial charge in [0.2, 0.25) is 11.8 Å². The Hall–Kier alpha value is -2.38. The Morgan fingerprint density at radius 2 is 2.14 bits per heavy atom. The Morgan fingerprint density at radius 1 is 1.45 bits per heavy atom. The summed E-state index contributed by atoms with van der Waals surface area (Å²) in [7, 11) is 0. The third-order valence-electron chi connectivity index (χ3n) is 2.89. The number of amides is 2. The average Bonchev–Trinajstić information content (AvgIpc) is 2.49. The van der Waals surface area contributed by atoms with Gasteiger partial charge in [-0.25, -0.2) is 0 Å². The number of hydrogen-bond acceptors (Lipinski definition) is 3. The van der Waals surface area contributed by atoms with E-state index in [-0.39, 0.29) is 18.7 Å². The van der Waals surface area contributed by atoms with Crippen LogP contribution in [0.1, 0.15) is 18.1 Å². The van der Waals surface area contributed by atoms with Crippen LogP contribution in [0.15, 0.2) is 31.1 Å². The third-order valence-corrected chi connectivity index (χ3v) is 2.89. The van der Waals surface area contributed by atoms with Gasteiger partial charge >= 0.3 is 6.18 Å². The van der Waals surface area contributed by atoms with E-state index in [4.69, 9.17) is 0 Å². The highest BCUT2D eigenvalue weighted by molar-refractivity contribution is 5.90. The molecule has 0 aliphatic carbocycles. The molecular weight excluding hydrogens is 299 g/mol. The number of nitrogens with one attached hydrogen (secondary N) is 1. The molecule has 0 fully saturated rings. The summed E-state index contributed by atoms with van der Waals surface area (Å²) in [6.07, 6.45) is -1.36. The van der Waals surface area contributed by atoms with E-state index in [2.05, 4.69) is 16.9 Å². The molecule has 5 nitrogen and oxygen atoms in total. The topological polar surface area (TPSA) is 62.3 Å². The molecule has 120 valence electrons. The number of nitrogens with zero attached hydrogens (tertiary/aromatic N) is 2. The first-order valence-electron chi connectivity index (χ1n) is 6.47. The van der Waals surface area contributed by atoms with Crippen LogP contribution < -0.4 is 5.32 Å². The Kier molecular flexibility index (Phi) is 6.09. The highest BCUT2D eigenvalue weighted by Crippen LogP contribution is 2.31. The van der Waals surface area contributed by atoms with Crippen molar-refractivity contribution in [2.75, 3.05) is 13.1 Å². The fourth-order valence-electron chi connectivity index (χ4n) is 1.74. The number of carbonyl (C=O) groups is 2. The van der Waals surface area contributed by atoms with Gasteiger partial charge in [-0.15, -0.1) is 0 Å². The number of rotatable bonds is 6. The van der Waals surface area contributed by atoms with Crippen molar-refractivity contribution in [3.8, 4) is 0 Å². The molecule has 0 saturated heterocycles. The minimum Gasteiger partial charge on any atom is -0.350 e. The molecule has 0 atom stereocenters. The van der Waals surface area contributed by atoms with Crippen molar-refractivity contribution in [2.45, 2.75) is 19.6 Å². The molecule has 2 amide bonds. The lowest BCUT2D eigenvalue weighted by Crippen LogP contribution is -2.39. The Morgan fingerprint density at radius 3 is 2.68 bits per heavy atom. The second kappa shape index (κ2) is 7.58. The lowest BCUT2D eigenvalue weighted by molar-refractivity contribution is -0.138. The first-order valence-corrected chi connectivity index (χ1v) is 6.47. The minimum absolute atomic E-state index is 0.138. The zero-order chi connectivity index (χ0) is 16.8. The number of aromatic nitrogens is 1. The van der Waals surface area contributed by atoms with Gasteiger partial charge in [-0.2, -0.15) is 13.2 Å². The standard InChI is InChI=1S/C14H16F3N3O2/c1-3-13(22)20(4-2)9-12(21)19-8-10-7-18-6-5-11(10)14(15,16)17/h3,5-7H,1,4,8-9H2,2H3,(H,19,21). The molecule has 0 radical (unpaired) electrons. The summed E-state index contributed by atoms with van der Waals surface area (Å²) >= 11 is 0. The van der Waals surface area contributed by atoms with Crippen LogP contribution in [0.5, 0.6) is 0 Å². The monoisotopic (exact) mass is 315 g/mol. The molecule has 1 heterocycles. The maximum absolute atomic E-state index is 12.8. The normalized spacial score (nSPS) is 10.9. The van der Waals surface area contributed by atoms with E-state index < -0.39 is 23.6 Å². The summed E-state index contributed by atoms with van der Waals surface area (Å²) in [5.74, 6) is -0.982. The van der Waals surface area contributed by atoms with E-state index in [0.29, 0.717) is 6.54 Å². The van der Waals surface area contributed by atoms with Gasteiger partial charge in [-0.05, 0) is 19.1 Å². The van der Waals surface area contributed by atoms with Crippen LogP contribution in [-0.2, 0) is 22.3 Å². The maximum atomic E-state index is 12.8. The van der Waals surface area contributed by atoms with E-state index in [9.17, 15) is 22.8 Å². The summed E-state index contributed by atoms with van der Waals surface area (Å²) in [4.78, 5) is 28.0. The fourth-order valence-corrected chi connectivity index (χ4v) is 1.74. The van der Waals surface area contributed by atoms with Crippen molar-refractivity contribution in [3.05, 3.63) is 42.2 Å². The first-order chi connectivity index (χ1) is 10.3. The number of likely N-dealkylation sites (N-methyl/N-ethyl adjacent to an activating group) is 1. The van der Waals surface area contributed by atoms with Crippen molar-refractivity contribution >= 4 is 11.8 Å². The number of hydrogen-bond donors (Lipinski definition) is 1. The Bertz CT molecular complexity index is 559. The summed E-state index contributed by atoms with van der Waals surface area (Å²) in [6.45, 7) is 4.72. The summed E-state index contributed by atoms with van der Waals surface area (Å²) < 4.78 is 38.4. The molecule has 1 aromatic rings. The third kappa shape index (κ3) is 4.87. The number of alkyl halides is 3. The van der Waals surface area contributed by atoms with Crippen molar-refractivity contribution < 1.29 is 22.8 Å². The van der Waals surface area contributed by atoms with E-state index in [1.165, 1.54) is 4.90 Å². The lowest BCUT2D eigenvalue weighted by atomic mass is 10.1. The van der Waals surface area contributed by atoms with Crippen LogP contribution >= 0.6 is 0 Å². The second-order valence-electron chi connectivity index (χ2n) is 4.36. The SMILES string of the molecule is C=CC(=O)N(CC)CC(=O)NCc1cnccc1C(F)(F)F. The summed E-state index contributed by atoms with van der Waals surface area (Å²) in [5.41, 5.74) is -0.987. The molecular formula is C14H16F3N3O2. The molecule has 22 heavy (non-hydrogen) atoms. The van der Waals surface area contributed by atoms with Gasteiger partial charge in [-0.3, -0.25) is 14.6 Å². The van der Waals surface area contributed by atoms with Gasteiger partial charge in [-0.1, -0.05) is 6.58 Å². The fraction of sp³-hybridized carbons (Fsp3) is 0.357. The van der Waals surface area contributed by atoms with Gasteiger partial charge in [0.25, 0.3) is 0 Å². The van der Waals surface area contributed by atoms with Gasteiger partial charge in [0.05, 0.1) is 12.1 Å². The minimum atomic E-state index is -4.52. The van der Waals surface area contributed by atoms with Gasteiger partial charge in [0, 0.05) is 31.0 Å². The summed E-state index contributed by atoms with van der Waals surface area (Å²) in [6, 6.07) is 0.848. The zero-order valence-electron chi connectivity index (χ0n) is 12.0. The molecule has 0 aliphatic heterocycles. The average molecular weight is 315 g/mol. The molecule has 0 aromatic carbocycles. The van der Waals surface area contributed by atoms with E-state index in [1.54, 1.807) is 6.92 Å². The second-order valence-corrected chi connectivity index (χ2v) is 4.36.